The molecule has 0 unspecified atom stereocenters. The van der Waals surface area contributed by atoms with Gasteiger partial charge in [-0.05, 0) is 61.4 Å². The van der Waals surface area contributed by atoms with Crippen LogP contribution < -0.4 is 14.8 Å². The molecule has 3 aromatic carbocycles. The molecular weight excluding hydrogens is 402 g/mol. The zero-order valence-electron chi connectivity index (χ0n) is 18.5. The largest absolute Gasteiger partial charge is 0.497 e. The topological polar surface area (TPSA) is 65.4 Å². The van der Waals surface area contributed by atoms with Gasteiger partial charge in [0.15, 0.2) is 0 Å². The van der Waals surface area contributed by atoms with Crippen LogP contribution in [0.15, 0.2) is 72.9 Å². The third-order valence-electron chi connectivity index (χ3n) is 5.41. The molecule has 0 saturated heterocycles. The highest BCUT2D eigenvalue weighted by molar-refractivity contribution is 5.98. The van der Waals surface area contributed by atoms with Crippen molar-refractivity contribution in [1.29, 1.82) is 0 Å². The van der Waals surface area contributed by atoms with E-state index in [2.05, 4.69) is 10.4 Å². The van der Waals surface area contributed by atoms with E-state index in [-0.39, 0.29) is 11.9 Å². The number of carbonyl (C=O) groups excluding carboxylic acids is 1. The molecular formula is C26H27N3O3. The molecule has 6 nitrogen and oxygen atoms in total. The molecule has 1 atom stereocenters. The zero-order valence-corrected chi connectivity index (χ0v) is 18.5. The Morgan fingerprint density at radius 1 is 1.06 bits per heavy atom. The summed E-state index contributed by atoms with van der Waals surface area (Å²) in [6, 6.07) is 21.2. The summed E-state index contributed by atoms with van der Waals surface area (Å²) in [4.78, 5) is 12.9. The lowest BCUT2D eigenvalue weighted by Gasteiger charge is -2.15. The Labute approximate surface area is 187 Å². The number of carbonyl (C=O) groups is 1. The third-order valence-corrected chi connectivity index (χ3v) is 5.41. The first-order valence-corrected chi connectivity index (χ1v) is 10.7. The third kappa shape index (κ3) is 4.75. The number of hydrogen-bond acceptors (Lipinski definition) is 4. The van der Waals surface area contributed by atoms with Gasteiger partial charge in [0.05, 0.1) is 38.0 Å². The number of rotatable bonds is 8. The summed E-state index contributed by atoms with van der Waals surface area (Å²) in [5, 5.41) is 8.58. The Hall–Kier alpha value is -3.80. The second-order valence-corrected chi connectivity index (χ2v) is 7.62. The number of aromatic nitrogens is 2. The first kappa shape index (κ1) is 21.4. The molecule has 1 N–H and O–H groups in total. The van der Waals surface area contributed by atoms with Gasteiger partial charge >= 0.3 is 0 Å². The van der Waals surface area contributed by atoms with Gasteiger partial charge in [-0.1, -0.05) is 30.3 Å². The van der Waals surface area contributed by atoms with Crippen LogP contribution in [0.4, 0.5) is 0 Å². The lowest BCUT2D eigenvalue weighted by atomic mass is 10.1. The van der Waals surface area contributed by atoms with E-state index in [0.29, 0.717) is 18.7 Å². The van der Waals surface area contributed by atoms with Crippen LogP contribution in [0.1, 0.15) is 41.4 Å². The van der Waals surface area contributed by atoms with Crippen molar-refractivity contribution in [2.24, 2.45) is 0 Å². The lowest BCUT2D eigenvalue weighted by Crippen LogP contribution is -2.26. The number of hydrogen-bond donors (Lipinski definition) is 1. The van der Waals surface area contributed by atoms with Crippen molar-refractivity contribution in [3.05, 3.63) is 89.6 Å². The van der Waals surface area contributed by atoms with Gasteiger partial charge in [0.2, 0.25) is 0 Å². The molecule has 4 rings (SSSR count). The molecule has 0 aliphatic carbocycles. The number of nitrogens with zero attached hydrogens (tertiary/aromatic N) is 2. The molecule has 6 heteroatoms. The van der Waals surface area contributed by atoms with Crippen LogP contribution in [0.3, 0.4) is 0 Å². The summed E-state index contributed by atoms with van der Waals surface area (Å²) in [5.74, 6) is 1.51. The minimum atomic E-state index is -0.129. The monoisotopic (exact) mass is 429 g/mol. The normalized spacial score (nSPS) is 11.8. The predicted octanol–water partition coefficient (Wildman–Crippen LogP) is 4.98. The van der Waals surface area contributed by atoms with Crippen LogP contribution >= 0.6 is 0 Å². The summed E-state index contributed by atoms with van der Waals surface area (Å²) >= 11 is 0. The highest BCUT2D eigenvalue weighted by Gasteiger charge is 2.14. The van der Waals surface area contributed by atoms with Crippen LogP contribution in [-0.4, -0.2) is 29.4 Å². The van der Waals surface area contributed by atoms with E-state index < -0.39 is 0 Å². The van der Waals surface area contributed by atoms with Crippen LogP contribution in [0.2, 0.25) is 0 Å². The standard InChI is InChI=1S/C26H27N3O3/c1-4-32-23-12-10-20(11-13-23)18(2)28-26(30)21-8-9-22-16-27-29(25(22)15-21)17-19-6-5-7-24(14-19)31-3/h5-16,18H,4,17H2,1-3H3,(H,28,30)/t18-/m1/s1. The summed E-state index contributed by atoms with van der Waals surface area (Å²) < 4.78 is 12.7. The number of methoxy groups -OCH3 is 1. The van der Waals surface area contributed by atoms with Crippen LogP contribution in [0, 0.1) is 0 Å². The van der Waals surface area contributed by atoms with Crippen LogP contribution in [0.25, 0.3) is 10.9 Å². The summed E-state index contributed by atoms with van der Waals surface area (Å²) in [6.07, 6.45) is 1.82. The molecule has 0 aliphatic heterocycles. The minimum absolute atomic E-state index is 0.123. The van der Waals surface area contributed by atoms with Crippen molar-refractivity contribution >= 4 is 16.8 Å². The molecule has 1 amide bonds. The number of ether oxygens (including phenoxy) is 2. The van der Waals surface area contributed by atoms with Gasteiger partial charge in [0.25, 0.3) is 5.91 Å². The number of nitrogens with one attached hydrogen (secondary N) is 1. The lowest BCUT2D eigenvalue weighted by molar-refractivity contribution is 0.0940. The maximum Gasteiger partial charge on any atom is 0.251 e. The van der Waals surface area contributed by atoms with Gasteiger partial charge in [0.1, 0.15) is 11.5 Å². The van der Waals surface area contributed by atoms with Crippen LogP contribution in [-0.2, 0) is 6.54 Å². The quantitative estimate of drug-likeness (QED) is 0.429. The predicted molar refractivity (Wildman–Crippen MR) is 125 cm³/mol. The Kier molecular flexibility index (Phi) is 6.40. The molecule has 0 spiro atoms. The second-order valence-electron chi connectivity index (χ2n) is 7.62. The van der Waals surface area contributed by atoms with E-state index in [9.17, 15) is 4.79 Å². The molecule has 164 valence electrons. The Morgan fingerprint density at radius 3 is 2.62 bits per heavy atom. The van der Waals surface area contributed by atoms with E-state index >= 15 is 0 Å². The molecule has 32 heavy (non-hydrogen) atoms. The maximum absolute atomic E-state index is 12.9. The van der Waals surface area contributed by atoms with E-state index in [0.717, 1.165) is 33.5 Å². The highest BCUT2D eigenvalue weighted by Crippen LogP contribution is 2.21. The summed E-state index contributed by atoms with van der Waals surface area (Å²) in [5.41, 5.74) is 3.61. The van der Waals surface area contributed by atoms with Gasteiger partial charge in [-0.3, -0.25) is 9.48 Å². The average Bonchev–Trinajstić information content (AvgIpc) is 3.21. The van der Waals surface area contributed by atoms with Crippen molar-refractivity contribution in [2.45, 2.75) is 26.4 Å². The molecule has 4 aromatic rings. The fourth-order valence-electron chi connectivity index (χ4n) is 3.66. The molecule has 1 heterocycles. The summed E-state index contributed by atoms with van der Waals surface area (Å²) in [6.45, 7) is 5.15. The van der Waals surface area contributed by atoms with E-state index in [1.807, 2.05) is 91.5 Å². The maximum atomic E-state index is 12.9. The average molecular weight is 430 g/mol. The Bertz CT molecular complexity index is 1210. The first-order valence-electron chi connectivity index (χ1n) is 10.7. The van der Waals surface area contributed by atoms with Crippen molar-refractivity contribution in [1.82, 2.24) is 15.1 Å². The fourth-order valence-corrected chi connectivity index (χ4v) is 3.66. The number of benzene rings is 3. The van der Waals surface area contributed by atoms with E-state index in [1.54, 1.807) is 7.11 Å². The summed E-state index contributed by atoms with van der Waals surface area (Å²) in [7, 11) is 1.65. The van der Waals surface area contributed by atoms with Gasteiger partial charge in [-0.25, -0.2) is 0 Å². The molecule has 1 aromatic heterocycles. The van der Waals surface area contributed by atoms with Crippen molar-refractivity contribution in [3.63, 3.8) is 0 Å². The zero-order chi connectivity index (χ0) is 22.5. The second kappa shape index (κ2) is 9.56. The molecule has 0 bridgehead atoms. The van der Waals surface area contributed by atoms with Gasteiger partial charge in [-0.15, -0.1) is 0 Å². The minimum Gasteiger partial charge on any atom is -0.497 e. The van der Waals surface area contributed by atoms with E-state index in [1.165, 1.54) is 0 Å². The molecule has 0 saturated carbocycles. The SMILES string of the molecule is CCOc1ccc([C@@H](C)NC(=O)c2ccc3cnn(Cc4cccc(OC)c4)c3c2)cc1. The van der Waals surface area contributed by atoms with Crippen molar-refractivity contribution in [2.75, 3.05) is 13.7 Å². The molecule has 0 radical (unpaired) electrons. The molecule has 0 fully saturated rings. The fraction of sp³-hybridized carbons (Fsp3) is 0.231. The van der Waals surface area contributed by atoms with Gasteiger partial charge in [-0.2, -0.15) is 5.10 Å². The smallest absolute Gasteiger partial charge is 0.251 e. The van der Waals surface area contributed by atoms with Crippen molar-refractivity contribution in [3.8, 4) is 11.5 Å². The Morgan fingerprint density at radius 2 is 1.88 bits per heavy atom. The van der Waals surface area contributed by atoms with Crippen molar-refractivity contribution < 1.29 is 14.3 Å². The number of amides is 1. The van der Waals surface area contributed by atoms with Crippen LogP contribution in [0.5, 0.6) is 11.5 Å². The highest BCUT2D eigenvalue weighted by atomic mass is 16.5. The number of fused-ring (bicyclic) bond motifs is 1. The van der Waals surface area contributed by atoms with E-state index in [4.69, 9.17) is 9.47 Å². The molecule has 0 aliphatic rings. The Balaban J connectivity index is 1.51. The van der Waals surface area contributed by atoms with Gasteiger partial charge < -0.3 is 14.8 Å². The van der Waals surface area contributed by atoms with Gasteiger partial charge in [0, 0.05) is 10.9 Å². The first-order chi connectivity index (χ1) is 15.6.